The van der Waals surface area contributed by atoms with Crippen LogP contribution in [0.15, 0.2) is 0 Å². The first-order valence-electron chi connectivity index (χ1n) is 6.16. The lowest BCUT2D eigenvalue weighted by atomic mass is 10.6. The van der Waals surface area contributed by atoms with E-state index in [4.69, 9.17) is 19.8 Å². The van der Waals surface area contributed by atoms with E-state index in [9.17, 15) is 4.80 Å². The molecule has 1 fully saturated rings. The summed E-state index contributed by atoms with van der Waals surface area (Å²) in [4.78, 5) is 10.6. The van der Waals surface area contributed by atoms with Crippen LogP contribution in [0.1, 0.15) is 6.42 Å². The molecule has 0 aromatic carbocycles. The number of alkyl halides is 1. The fourth-order valence-electron chi connectivity index (χ4n) is 2.56. The van der Waals surface area contributed by atoms with Gasteiger partial charge in [-0.05, 0) is 51.7 Å². The lowest BCUT2D eigenvalue weighted by Gasteiger charge is -2.39. The Morgan fingerprint density at radius 3 is 2.00 bits per heavy atom. The van der Waals surface area contributed by atoms with Crippen LogP contribution >= 0.6 is 11.6 Å². The molecule has 0 aliphatic carbocycles. The molecule has 1 N–H and O–H groups in total. The van der Waals surface area contributed by atoms with Crippen molar-refractivity contribution in [1.82, 2.24) is 0 Å². The van der Waals surface area contributed by atoms with Gasteiger partial charge in [-0.2, -0.15) is 0 Å². The molecule has 0 radical (unpaired) electrons. The number of hydrogen-bond donors (Lipinski definition) is 1. The highest BCUT2D eigenvalue weighted by Crippen LogP contribution is 2.42. The second-order valence-electron chi connectivity index (χ2n) is 6.23. The van der Waals surface area contributed by atoms with Crippen molar-refractivity contribution in [3.63, 3.8) is 0 Å². The Morgan fingerprint density at radius 1 is 1.12 bits per heavy atom. The molecule has 1 rings (SSSR count). The largest absolute Gasteiger partial charge is 0.437 e. The van der Waals surface area contributed by atoms with E-state index in [0.29, 0.717) is 5.88 Å². The minimum Gasteiger partial charge on any atom is -0.437 e. The number of rotatable bonds is 4. The fourth-order valence-corrected chi connectivity index (χ4v) is 48.2. The molecule has 0 saturated carbocycles. The third-order valence-electron chi connectivity index (χ3n) is 3.97. The van der Waals surface area contributed by atoms with Gasteiger partial charge in [-0.1, -0.05) is 0 Å². The van der Waals surface area contributed by atoms with Crippen molar-refractivity contribution in [1.29, 1.82) is 0 Å². The third-order valence-corrected chi connectivity index (χ3v) is 44.8. The van der Waals surface area contributed by atoms with E-state index in [1.54, 1.807) is 0 Å². The highest BCUT2D eigenvalue weighted by Gasteiger charge is 2.68. The molecule has 3 nitrogen and oxygen atoms in total. The first-order chi connectivity index (χ1) is 7.47. The topological polar surface area (TPSA) is 38.7 Å². The van der Waals surface area contributed by atoms with E-state index in [1.807, 2.05) is 13.1 Å². The van der Waals surface area contributed by atoms with Crippen molar-refractivity contribution in [2.45, 2.75) is 51.7 Å². The quantitative estimate of drug-likeness (QED) is 0.637. The summed E-state index contributed by atoms with van der Waals surface area (Å²) in [5.41, 5.74) is 0. The van der Waals surface area contributed by atoms with Gasteiger partial charge >= 0.3 is 8.56 Å². The van der Waals surface area contributed by atoms with E-state index in [0.717, 1.165) is 12.5 Å². The average molecular weight is 329 g/mol. The maximum absolute atomic E-state index is 10.6. The van der Waals surface area contributed by atoms with Gasteiger partial charge in [0.1, 0.15) is 0 Å². The molecule has 2 unspecified atom stereocenters. The summed E-state index contributed by atoms with van der Waals surface area (Å²) in [6, 6.07) is 0.958. The Morgan fingerprint density at radius 2 is 1.65 bits per heavy atom. The molecule has 0 bridgehead atoms. The van der Waals surface area contributed by atoms with Crippen LogP contribution in [0.2, 0.25) is 45.3 Å². The molecule has 0 aromatic rings. The Balaban J connectivity index is 2.97. The number of halogens is 1. The Hall–Kier alpha value is 1.04. The van der Waals surface area contributed by atoms with Gasteiger partial charge in [0.2, 0.25) is 7.35 Å². The second-order valence-corrected chi connectivity index (χ2v) is 33.7. The molecule has 0 spiro atoms. The van der Waals surface area contributed by atoms with Crippen LogP contribution in [-0.4, -0.2) is 42.3 Å². The molecular weight excluding hydrogens is 304 g/mol. The van der Waals surface area contributed by atoms with Gasteiger partial charge in [-0.25, -0.2) is 0 Å². The van der Waals surface area contributed by atoms with Gasteiger partial charge < -0.3 is 13.0 Å². The summed E-state index contributed by atoms with van der Waals surface area (Å²) in [7, 11) is -8.27. The summed E-state index contributed by atoms with van der Waals surface area (Å²) < 4.78 is 12.9. The zero-order valence-electron chi connectivity index (χ0n) is 11.8. The van der Waals surface area contributed by atoms with E-state index in [-0.39, 0.29) is 0 Å². The van der Waals surface area contributed by atoms with Crippen molar-refractivity contribution in [3.8, 4) is 0 Å². The highest BCUT2D eigenvalue weighted by atomic mass is 35.5. The fraction of sp³-hybridized carbons (Fsp3) is 1.00. The van der Waals surface area contributed by atoms with Crippen molar-refractivity contribution in [2.24, 2.45) is 0 Å². The van der Waals surface area contributed by atoms with Crippen LogP contribution in [0.4, 0.5) is 0 Å². The molecule has 1 aliphatic heterocycles. The van der Waals surface area contributed by atoms with Gasteiger partial charge in [0.25, 0.3) is 0 Å². The smallest absolute Gasteiger partial charge is 0.314 e. The predicted molar refractivity (Wildman–Crippen MR) is 82.7 cm³/mol. The molecule has 0 aromatic heterocycles. The van der Waals surface area contributed by atoms with Crippen LogP contribution in [0.25, 0.3) is 0 Å². The molecule has 17 heavy (non-hydrogen) atoms. The SMILES string of the molecule is C[Si]1(CCCCl)O[Si](C)(C)[Si](C)([Si](C)(C)O)O1. The van der Waals surface area contributed by atoms with Crippen molar-refractivity contribution >= 4 is 43.2 Å². The Bertz CT molecular complexity index is 296. The lowest BCUT2D eigenvalue weighted by Crippen LogP contribution is -2.71. The first kappa shape index (κ1) is 16.1. The van der Waals surface area contributed by atoms with E-state index < -0.39 is 31.6 Å². The van der Waals surface area contributed by atoms with E-state index in [1.165, 1.54) is 0 Å². The summed E-state index contributed by atoms with van der Waals surface area (Å²) in [5, 5.41) is 0. The summed E-state index contributed by atoms with van der Waals surface area (Å²) in [5.74, 6) is 0.662. The molecule has 0 amide bonds. The minimum atomic E-state index is -2.26. The molecular formula is C9H25ClO3Si4. The minimum absolute atomic E-state index is 0.662. The first-order valence-corrected chi connectivity index (χ1v) is 19.5. The molecule has 8 heteroatoms. The highest BCUT2D eigenvalue weighted by molar-refractivity contribution is 7.66. The summed E-state index contributed by atoms with van der Waals surface area (Å²) >= 11 is 5.77. The lowest BCUT2D eigenvalue weighted by molar-refractivity contribution is 0.432. The standard InChI is InChI=1S/C9H25ClO3Si4/c1-14(2,11)17(6)13-16(5,9-7-8-10)12-15(17,3)4/h11H,7-9H2,1-6H3. The third kappa shape index (κ3) is 2.97. The monoisotopic (exact) mass is 328 g/mol. The zero-order valence-corrected chi connectivity index (χ0v) is 16.5. The van der Waals surface area contributed by atoms with Gasteiger partial charge in [0.15, 0.2) is 15.7 Å². The summed E-state index contributed by atoms with van der Waals surface area (Å²) in [6.45, 7) is 12.8. The average Bonchev–Trinajstić information content (AvgIpc) is 2.30. The molecule has 1 saturated heterocycles. The maximum atomic E-state index is 10.6. The van der Waals surface area contributed by atoms with Crippen molar-refractivity contribution in [2.75, 3.05) is 5.88 Å². The van der Waals surface area contributed by atoms with Gasteiger partial charge in [-0.3, -0.25) is 0 Å². The van der Waals surface area contributed by atoms with E-state index in [2.05, 4.69) is 26.2 Å². The number of hydrogen-bond acceptors (Lipinski definition) is 3. The van der Waals surface area contributed by atoms with Gasteiger partial charge in [0, 0.05) is 5.88 Å². The van der Waals surface area contributed by atoms with Crippen molar-refractivity contribution in [3.05, 3.63) is 0 Å². The zero-order chi connectivity index (χ0) is 13.5. The van der Waals surface area contributed by atoms with Crippen LogP contribution in [0, 0.1) is 0 Å². The van der Waals surface area contributed by atoms with Gasteiger partial charge in [-0.15, -0.1) is 11.6 Å². The normalized spacial score (nSPS) is 37.4. The maximum Gasteiger partial charge on any atom is 0.314 e. The van der Waals surface area contributed by atoms with Crippen LogP contribution in [0.3, 0.4) is 0 Å². The Labute approximate surface area is 114 Å². The van der Waals surface area contributed by atoms with Crippen LogP contribution in [-0.2, 0) is 8.23 Å². The molecule has 1 heterocycles. The van der Waals surface area contributed by atoms with Crippen LogP contribution < -0.4 is 0 Å². The second kappa shape index (κ2) is 4.86. The molecule has 2 atom stereocenters. The van der Waals surface area contributed by atoms with Crippen LogP contribution in [0.5, 0.6) is 0 Å². The summed E-state index contributed by atoms with van der Waals surface area (Å²) in [6.07, 6.45) is 0.951. The molecule has 1 aliphatic rings. The van der Waals surface area contributed by atoms with E-state index >= 15 is 0 Å². The molecule has 102 valence electrons. The predicted octanol–water partition coefficient (Wildman–Crippen LogP) is 2.87. The Kier molecular flexibility index (Phi) is 4.60. The van der Waals surface area contributed by atoms with Crippen molar-refractivity contribution < 1.29 is 13.0 Å². The van der Waals surface area contributed by atoms with Gasteiger partial charge in [0.05, 0.1) is 0 Å².